The van der Waals surface area contributed by atoms with E-state index in [0.717, 1.165) is 18.5 Å². The molecule has 0 spiro atoms. The molecule has 0 aromatic carbocycles. The van der Waals surface area contributed by atoms with Crippen LogP contribution in [0.25, 0.3) is 0 Å². The molecule has 1 aliphatic rings. The van der Waals surface area contributed by atoms with Crippen LogP contribution < -0.4 is 16.0 Å². The molecule has 1 aliphatic carbocycles. The van der Waals surface area contributed by atoms with Gasteiger partial charge in [0, 0.05) is 19.3 Å². The first-order chi connectivity index (χ1) is 9.28. The molecular weight excluding hydrogens is 242 g/mol. The molecule has 1 saturated carbocycles. The molecule has 102 valence electrons. The molecule has 6 nitrogen and oxygen atoms in total. The lowest BCUT2D eigenvalue weighted by molar-refractivity contribution is -0.120. The molecule has 0 radical (unpaired) electrons. The average molecular weight is 261 g/mol. The van der Waals surface area contributed by atoms with Crippen molar-refractivity contribution in [3.63, 3.8) is 0 Å². The lowest BCUT2D eigenvalue weighted by Gasteiger charge is -2.11. The second kappa shape index (κ2) is 6.72. The summed E-state index contributed by atoms with van der Waals surface area (Å²) in [5.41, 5.74) is 0.924. The number of aliphatic imine (C=N–C) groups is 1. The number of carbonyl (C=O) groups excluding carboxylic acids is 1. The van der Waals surface area contributed by atoms with E-state index in [4.69, 9.17) is 0 Å². The summed E-state index contributed by atoms with van der Waals surface area (Å²) in [4.78, 5) is 19.8. The highest BCUT2D eigenvalue weighted by molar-refractivity contribution is 5.86. The molecule has 1 heterocycles. The third-order valence-electron chi connectivity index (χ3n) is 2.75. The van der Waals surface area contributed by atoms with Crippen molar-refractivity contribution in [1.82, 2.24) is 20.9 Å². The van der Waals surface area contributed by atoms with Crippen LogP contribution in [0.3, 0.4) is 0 Å². The summed E-state index contributed by atoms with van der Waals surface area (Å²) >= 11 is 0. The number of pyridine rings is 1. The normalized spacial score (nSPS) is 14.9. The summed E-state index contributed by atoms with van der Waals surface area (Å²) in [5.74, 6) is 0.597. The van der Waals surface area contributed by atoms with Gasteiger partial charge in [0.15, 0.2) is 5.96 Å². The van der Waals surface area contributed by atoms with Crippen LogP contribution in [0.15, 0.2) is 29.4 Å². The number of guanidine groups is 1. The third kappa shape index (κ3) is 4.95. The largest absolute Gasteiger partial charge is 0.352 e. The summed E-state index contributed by atoms with van der Waals surface area (Å²) in [6.07, 6.45) is 3.94. The Hall–Kier alpha value is -2.11. The lowest BCUT2D eigenvalue weighted by atomic mass is 10.3. The molecule has 3 N–H and O–H groups in total. The molecule has 1 amide bonds. The second-order valence-corrected chi connectivity index (χ2v) is 4.44. The monoisotopic (exact) mass is 261 g/mol. The Bertz CT molecular complexity index is 442. The Kier molecular flexibility index (Phi) is 4.72. The van der Waals surface area contributed by atoms with Gasteiger partial charge in [-0.2, -0.15) is 0 Å². The van der Waals surface area contributed by atoms with Gasteiger partial charge in [-0.25, -0.2) is 0 Å². The van der Waals surface area contributed by atoms with E-state index in [2.05, 4.69) is 25.9 Å². The zero-order valence-electron chi connectivity index (χ0n) is 11.0. The van der Waals surface area contributed by atoms with Gasteiger partial charge in [-0.3, -0.25) is 14.8 Å². The Morgan fingerprint density at radius 3 is 2.89 bits per heavy atom. The van der Waals surface area contributed by atoms with Gasteiger partial charge >= 0.3 is 0 Å². The Morgan fingerprint density at radius 1 is 1.42 bits per heavy atom. The highest BCUT2D eigenvalue weighted by Gasteiger charge is 2.22. The van der Waals surface area contributed by atoms with Crippen LogP contribution in [-0.2, 0) is 11.3 Å². The number of nitrogens with zero attached hydrogens (tertiary/aromatic N) is 2. The summed E-state index contributed by atoms with van der Waals surface area (Å²) in [7, 11) is 1.67. The zero-order valence-corrected chi connectivity index (χ0v) is 11.0. The predicted octanol–water partition coefficient (Wildman–Crippen LogP) is 0.0252. The first kappa shape index (κ1) is 13.3. The second-order valence-electron chi connectivity index (χ2n) is 4.44. The number of nitrogens with one attached hydrogen (secondary N) is 3. The fraction of sp³-hybridized carbons (Fsp3) is 0.462. The Morgan fingerprint density at radius 2 is 2.26 bits per heavy atom. The summed E-state index contributed by atoms with van der Waals surface area (Å²) in [5, 5.41) is 8.99. The molecular formula is C13H19N5O. The highest BCUT2D eigenvalue weighted by atomic mass is 16.2. The smallest absolute Gasteiger partial charge is 0.239 e. The maximum Gasteiger partial charge on any atom is 0.239 e. The van der Waals surface area contributed by atoms with E-state index < -0.39 is 0 Å². The molecule has 1 aromatic heterocycles. The van der Waals surface area contributed by atoms with Gasteiger partial charge < -0.3 is 16.0 Å². The van der Waals surface area contributed by atoms with Gasteiger partial charge in [-0.05, 0) is 25.0 Å². The van der Waals surface area contributed by atoms with Crippen molar-refractivity contribution in [2.45, 2.75) is 25.4 Å². The highest BCUT2D eigenvalue weighted by Crippen LogP contribution is 2.18. The van der Waals surface area contributed by atoms with Crippen molar-refractivity contribution in [2.75, 3.05) is 13.6 Å². The van der Waals surface area contributed by atoms with Crippen LogP contribution in [0.1, 0.15) is 18.5 Å². The van der Waals surface area contributed by atoms with E-state index in [1.54, 1.807) is 13.2 Å². The van der Waals surface area contributed by atoms with Crippen LogP contribution in [0.4, 0.5) is 0 Å². The topological polar surface area (TPSA) is 78.4 Å². The number of hydrogen-bond donors (Lipinski definition) is 3. The molecule has 0 aliphatic heterocycles. The van der Waals surface area contributed by atoms with Crippen LogP contribution in [0.2, 0.25) is 0 Å². The molecule has 1 aromatic rings. The summed E-state index contributed by atoms with van der Waals surface area (Å²) in [6, 6.07) is 6.13. The third-order valence-corrected chi connectivity index (χ3v) is 2.75. The Balaban J connectivity index is 1.69. The van der Waals surface area contributed by atoms with Crippen LogP contribution in [0, 0.1) is 0 Å². The first-order valence-electron chi connectivity index (χ1n) is 6.41. The minimum atomic E-state index is 0.00304. The van der Waals surface area contributed by atoms with Crippen molar-refractivity contribution >= 4 is 11.9 Å². The molecule has 0 unspecified atom stereocenters. The molecule has 19 heavy (non-hydrogen) atoms. The van der Waals surface area contributed by atoms with Crippen molar-refractivity contribution in [2.24, 2.45) is 4.99 Å². The SMILES string of the molecule is CN=C(NCC(=O)NC1CC1)NCc1ccccn1. The summed E-state index contributed by atoms with van der Waals surface area (Å²) in [6.45, 7) is 0.809. The van der Waals surface area contributed by atoms with Gasteiger partial charge in [-0.1, -0.05) is 6.07 Å². The molecule has 1 fully saturated rings. The average Bonchev–Trinajstić information content (AvgIpc) is 3.24. The predicted molar refractivity (Wildman–Crippen MR) is 73.6 cm³/mol. The molecule has 0 atom stereocenters. The molecule has 2 rings (SSSR count). The zero-order chi connectivity index (χ0) is 13.5. The standard InChI is InChI=1S/C13H19N5O/c1-14-13(16-8-11-4-2-3-7-15-11)17-9-12(19)18-10-5-6-10/h2-4,7,10H,5-6,8-9H2,1H3,(H,18,19)(H2,14,16,17). The van der Waals surface area contributed by atoms with Gasteiger partial charge in [0.2, 0.25) is 5.91 Å². The van der Waals surface area contributed by atoms with Crippen LogP contribution >= 0.6 is 0 Å². The lowest BCUT2D eigenvalue weighted by Crippen LogP contribution is -2.43. The minimum absolute atomic E-state index is 0.00304. The first-order valence-corrected chi connectivity index (χ1v) is 6.41. The number of hydrogen-bond acceptors (Lipinski definition) is 3. The van der Waals surface area contributed by atoms with E-state index in [1.807, 2.05) is 18.2 Å². The molecule has 0 saturated heterocycles. The van der Waals surface area contributed by atoms with Crippen molar-refractivity contribution in [3.8, 4) is 0 Å². The van der Waals surface area contributed by atoms with Crippen LogP contribution in [-0.4, -0.2) is 36.5 Å². The number of carbonyl (C=O) groups is 1. The van der Waals surface area contributed by atoms with E-state index in [0.29, 0.717) is 18.5 Å². The fourth-order valence-electron chi connectivity index (χ4n) is 1.57. The van der Waals surface area contributed by atoms with E-state index >= 15 is 0 Å². The maximum atomic E-state index is 11.5. The molecule has 6 heteroatoms. The number of rotatable bonds is 5. The van der Waals surface area contributed by atoms with E-state index in [1.165, 1.54) is 0 Å². The van der Waals surface area contributed by atoms with Crippen molar-refractivity contribution < 1.29 is 4.79 Å². The van der Waals surface area contributed by atoms with Gasteiger partial charge in [0.05, 0.1) is 18.8 Å². The van der Waals surface area contributed by atoms with E-state index in [9.17, 15) is 4.79 Å². The fourth-order valence-corrected chi connectivity index (χ4v) is 1.57. The van der Waals surface area contributed by atoms with Gasteiger partial charge in [0.25, 0.3) is 0 Å². The van der Waals surface area contributed by atoms with Gasteiger partial charge in [0.1, 0.15) is 0 Å². The summed E-state index contributed by atoms with van der Waals surface area (Å²) < 4.78 is 0. The van der Waals surface area contributed by atoms with Crippen LogP contribution in [0.5, 0.6) is 0 Å². The maximum absolute atomic E-state index is 11.5. The minimum Gasteiger partial charge on any atom is -0.352 e. The number of aromatic nitrogens is 1. The van der Waals surface area contributed by atoms with Gasteiger partial charge in [-0.15, -0.1) is 0 Å². The number of amides is 1. The Labute approximate surface area is 112 Å². The van der Waals surface area contributed by atoms with Crippen molar-refractivity contribution in [1.29, 1.82) is 0 Å². The van der Waals surface area contributed by atoms with Crippen molar-refractivity contribution in [3.05, 3.63) is 30.1 Å². The van der Waals surface area contributed by atoms with E-state index in [-0.39, 0.29) is 12.5 Å². The molecule has 0 bridgehead atoms. The quantitative estimate of drug-likeness (QED) is 0.516.